The number of hydrogen-bond donors (Lipinski definition) is 0. The Labute approximate surface area is 757 Å². The van der Waals surface area contributed by atoms with Gasteiger partial charge in [0.2, 0.25) is 0 Å². The Morgan fingerprint density at radius 3 is 0.961 bits per heavy atom. The Kier molecular flexibility index (Phi) is 30.9. The Morgan fingerprint density at radius 1 is 0.276 bits per heavy atom. The molecular formula is C114H138O13. The third-order valence-electron chi connectivity index (χ3n) is 28.2. The minimum atomic E-state index is -0.962. The molecule has 0 aliphatic heterocycles. The van der Waals surface area contributed by atoms with Crippen molar-refractivity contribution in [3.05, 3.63) is 306 Å². The van der Waals surface area contributed by atoms with E-state index in [-0.39, 0.29) is 34.0 Å². The summed E-state index contributed by atoms with van der Waals surface area (Å²) in [6.45, 7) is 54.0. The quantitative estimate of drug-likeness (QED) is 0.0154. The molecule has 10 aromatic rings. The van der Waals surface area contributed by atoms with Crippen LogP contribution in [0.4, 0.5) is 0 Å². The van der Waals surface area contributed by atoms with Gasteiger partial charge < -0.3 is 33.2 Å². The largest absolute Gasteiger partial charge is 0.487 e. The fourth-order valence-electron chi connectivity index (χ4n) is 17.5. The van der Waals surface area contributed by atoms with E-state index in [1.165, 1.54) is 5.56 Å². The number of unbranched alkanes of at least 4 members (excludes halogenated alkanes) is 2. The van der Waals surface area contributed by atoms with Gasteiger partial charge in [0.1, 0.15) is 62.8 Å². The van der Waals surface area contributed by atoms with Gasteiger partial charge in [-0.15, -0.1) is 0 Å². The van der Waals surface area contributed by atoms with Crippen LogP contribution in [0, 0.1) is 57.8 Å². The molecular weight excluding hydrogens is 1580 g/mol. The molecule has 0 fully saturated rings. The van der Waals surface area contributed by atoms with Crippen molar-refractivity contribution in [1.82, 2.24) is 0 Å². The molecule has 10 aromatic carbocycles. The van der Waals surface area contributed by atoms with Gasteiger partial charge in [0, 0.05) is 43.8 Å². The molecule has 0 radical (unpaired) electrons. The summed E-state index contributed by atoms with van der Waals surface area (Å²) in [5.74, 6) is 3.45. The van der Waals surface area contributed by atoms with Crippen LogP contribution in [0.5, 0.6) is 46.0 Å². The van der Waals surface area contributed by atoms with Gasteiger partial charge in [-0.3, -0.25) is 14.4 Å². The highest BCUT2D eigenvalue weighted by molar-refractivity contribution is 6.04. The third-order valence-corrected chi connectivity index (χ3v) is 28.2. The number of carbonyl (C=O) groups is 6. The van der Waals surface area contributed by atoms with Crippen molar-refractivity contribution in [3.63, 3.8) is 0 Å². The molecule has 2 unspecified atom stereocenters. The first-order valence-electron chi connectivity index (χ1n) is 46.0. The predicted molar refractivity (Wildman–Crippen MR) is 514 cm³/mol. The number of ether oxygens (including phenoxy) is 7. The van der Waals surface area contributed by atoms with Crippen molar-refractivity contribution in [3.8, 4) is 46.0 Å². The van der Waals surface area contributed by atoms with Gasteiger partial charge in [-0.2, -0.15) is 0 Å². The molecule has 10 rings (SSSR count). The lowest BCUT2D eigenvalue weighted by Crippen LogP contribution is -2.54. The van der Waals surface area contributed by atoms with Crippen LogP contribution in [0.3, 0.4) is 0 Å². The number of hydrogen-bond acceptors (Lipinski definition) is 13. The summed E-state index contributed by atoms with van der Waals surface area (Å²) < 4.78 is 44.9. The monoisotopic (exact) mass is 1720 g/mol. The van der Waals surface area contributed by atoms with E-state index in [0.29, 0.717) is 93.6 Å². The van der Waals surface area contributed by atoms with Crippen LogP contribution < -0.4 is 33.2 Å². The van der Waals surface area contributed by atoms with Crippen LogP contribution in [0.25, 0.3) is 0 Å². The molecule has 0 bridgehead atoms. The normalized spacial score (nSPS) is 13.2. The number of Topliss-reactive ketones (excluding diaryl/α,β-unsaturated/α-hetero) is 3. The molecule has 0 aliphatic carbocycles. The van der Waals surface area contributed by atoms with Crippen molar-refractivity contribution in [2.75, 3.05) is 0 Å². The molecule has 0 saturated heterocycles. The molecule has 2 atom stereocenters. The molecule has 0 N–H and O–H groups in total. The lowest BCUT2D eigenvalue weighted by atomic mass is 9.64. The molecule has 13 nitrogen and oxygen atoms in total. The summed E-state index contributed by atoms with van der Waals surface area (Å²) in [6, 6.07) is 64.7. The van der Waals surface area contributed by atoms with E-state index in [9.17, 15) is 24.0 Å². The van der Waals surface area contributed by atoms with Gasteiger partial charge in [-0.1, -0.05) is 235 Å². The fourth-order valence-corrected chi connectivity index (χ4v) is 17.5. The van der Waals surface area contributed by atoms with Gasteiger partial charge in [0.25, 0.3) is 0 Å². The smallest absolute Gasteiger partial charge is 0.343 e. The summed E-state index contributed by atoms with van der Waals surface area (Å²) in [4.78, 5) is 83.3. The minimum Gasteiger partial charge on any atom is -0.487 e. The Balaban J connectivity index is 0.687. The summed E-state index contributed by atoms with van der Waals surface area (Å²) in [6.07, 6.45) is 10.4. The average Bonchev–Trinajstić information content (AvgIpc) is 0.749. The Hall–Kier alpha value is -11.2. The van der Waals surface area contributed by atoms with Crippen molar-refractivity contribution >= 4 is 35.3 Å². The van der Waals surface area contributed by atoms with E-state index < -0.39 is 50.6 Å². The molecule has 0 aromatic heterocycles. The highest BCUT2D eigenvalue weighted by atomic mass is 16.5. The maximum atomic E-state index is 15.1. The summed E-state index contributed by atoms with van der Waals surface area (Å²) >= 11 is 0. The maximum Gasteiger partial charge on any atom is 0.343 e. The van der Waals surface area contributed by atoms with Gasteiger partial charge >= 0.3 is 17.9 Å². The summed E-state index contributed by atoms with van der Waals surface area (Å²) in [5.41, 5.74) is 9.94. The second kappa shape index (κ2) is 40.0. The van der Waals surface area contributed by atoms with Crippen LogP contribution in [-0.4, -0.2) is 52.1 Å². The number of esters is 3. The van der Waals surface area contributed by atoms with Crippen molar-refractivity contribution in [1.29, 1.82) is 0 Å². The highest BCUT2D eigenvalue weighted by Gasteiger charge is 2.52. The second-order valence-corrected chi connectivity index (χ2v) is 38.7. The fraction of sp³-hybridized carbons (Fsp3) is 0.421. The summed E-state index contributed by atoms with van der Waals surface area (Å²) in [5, 5.41) is 0. The SMILES string of the molecule is CCC(C)(CC)Oc1ccc(C(C)(C)c2ccc(OC(=O)c3ccc(Oc4ccc(C(=O)C(C)(CC)CCCCCC(CC)(CC)Oc5ccc(C(C)(C)c6ccc(OC(=O)c7ccc(C(=O)C(C)(CC)C(CC)(CC)Oc8ccc(C(C)(C)c9ccc(OC(=O)c%10cccc(C(=O)C(C)(C)C)c%10)c(C)c9)cc8C)cc7)c(C)c6)cc5C)cc4)cc3)c(C)c2)cc1C. The van der Waals surface area contributed by atoms with Gasteiger partial charge in [0.15, 0.2) is 17.3 Å². The third kappa shape index (κ3) is 21.8. The first kappa shape index (κ1) is 98.0. The van der Waals surface area contributed by atoms with Crippen LogP contribution in [0.1, 0.15) is 351 Å². The number of benzene rings is 10. The lowest BCUT2D eigenvalue weighted by Gasteiger charge is -2.47. The molecule has 0 saturated carbocycles. The zero-order valence-corrected chi connectivity index (χ0v) is 80.6. The second-order valence-electron chi connectivity index (χ2n) is 38.7. The minimum absolute atomic E-state index is 0.0536. The van der Waals surface area contributed by atoms with E-state index in [2.05, 4.69) is 178 Å². The number of aryl methyl sites for hydroxylation is 6. The number of rotatable bonds is 40. The highest BCUT2D eigenvalue weighted by Crippen LogP contribution is 2.49. The Morgan fingerprint density at radius 2 is 0.606 bits per heavy atom. The molecule has 127 heavy (non-hydrogen) atoms. The van der Waals surface area contributed by atoms with Gasteiger partial charge in [-0.25, -0.2) is 14.4 Å². The van der Waals surface area contributed by atoms with E-state index >= 15 is 4.79 Å². The van der Waals surface area contributed by atoms with Crippen molar-refractivity contribution in [2.24, 2.45) is 16.2 Å². The summed E-state index contributed by atoms with van der Waals surface area (Å²) in [7, 11) is 0. The standard InChI is InChI=1S/C114H138O13/c1-27-110(24,101(116)80-45-55-92(56-46-80)121-93-57-47-83(48-58-93)104(119)123-95-60-50-86(68-75(95)10)107(18,19)89-52-62-97(77(12)70-89)125-111(25,28-2)29-3)65-36-35-37-66-113(31-5,32-6)126-98-63-53-90(71-78(98)13)108(20,21)87-49-59-94(74(9)67-87)122-103(118)82-43-41-81(42-44-82)102(117)112(26,30-4)114(33-7,34-8)127-99-64-54-91(72-79(99)14)109(22,23)88-51-61-96(76(11)69-88)124-105(120)85-40-38-39-84(73-85)100(115)106(15,16)17/h38-64,67-73H,27-37,65-66H2,1-26H3. The van der Waals surface area contributed by atoms with Crippen LogP contribution in [0.2, 0.25) is 0 Å². The lowest BCUT2D eigenvalue weighted by molar-refractivity contribution is -0.0447. The van der Waals surface area contributed by atoms with Crippen molar-refractivity contribution < 1.29 is 61.9 Å². The number of carbonyl (C=O) groups excluding carboxylic acids is 6. The predicted octanol–water partition coefficient (Wildman–Crippen LogP) is 29.6. The van der Waals surface area contributed by atoms with Crippen LogP contribution in [-0.2, 0) is 16.2 Å². The first-order valence-corrected chi connectivity index (χ1v) is 46.0. The van der Waals surface area contributed by atoms with Crippen LogP contribution >= 0.6 is 0 Å². The average molecular weight is 1720 g/mol. The first-order chi connectivity index (χ1) is 59.8. The maximum absolute atomic E-state index is 15.1. The van der Waals surface area contributed by atoms with Crippen molar-refractivity contribution in [2.45, 2.75) is 297 Å². The van der Waals surface area contributed by atoms with Gasteiger partial charge in [0.05, 0.1) is 22.1 Å². The van der Waals surface area contributed by atoms with E-state index in [0.717, 1.165) is 130 Å². The molecule has 0 aliphatic rings. The topological polar surface area (TPSA) is 167 Å². The zero-order chi connectivity index (χ0) is 93.2. The number of ketones is 3. The van der Waals surface area contributed by atoms with E-state index in [1.807, 2.05) is 135 Å². The van der Waals surface area contributed by atoms with Gasteiger partial charge in [-0.05, 0) is 302 Å². The van der Waals surface area contributed by atoms with E-state index in [4.69, 9.17) is 33.2 Å². The Bertz CT molecular complexity index is 5600. The molecule has 672 valence electrons. The van der Waals surface area contributed by atoms with E-state index in [1.54, 1.807) is 72.8 Å². The molecule has 0 heterocycles. The van der Waals surface area contributed by atoms with Crippen LogP contribution in [0.15, 0.2) is 206 Å². The molecule has 0 amide bonds. The molecule has 13 heteroatoms. The molecule has 0 spiro atoms. The zero-order valence-electron chi connectivity index (χ0n) is 80.6.